The molecule has 2 saturated carbocycles. The first kappa shape index (κ1) is 19.9. The van der Waals surface area contributed by atoms with Gasteiger partial charge in [0.1, 0.15) is 12.1 Å². The normalized spacial score (nSPS) is 19.3. The highest BCUT2D eigenvalue weighted by molar-refractivity contribution is 6.13. The summed E-state index contributed by atoms with van der Waals surface area (Å²) in [5, 5.41) is 18.1. The van der Waals surface area contributed by atoms with Crippen LogP contribution in [0.15, 0.2) is 54.9 Å². The van der Waals surface area contributed by atoms with E-state index in [-0.39, 0.29) is 16.9 Å². The molecule has 7 nitrogen and oxygen atoms in total. The molecule has 1 aromatic heterocycles. The van der Waals surface area contributed by atoms with E-state index in [4.69, 9.17) is 15.9 Å². The van der Waals surface area contributed by atoms with Gasteiger partial charge in [-0.25, -0.2) is 9.97 Å². The molecule has 3 aliphatic rings. The van der Waals surface area contributed by atoms with E-state index in [9.17, 15) is 5.26 Å². The van der Waals surface area contributed by atoms with Crippen molar-refractivity contribution < 1.29 is 4.74 Å². The van der Waals surface area contributed by atoms with E-state index in [1.54, 1.807) is 12.1 Å². The molecular weight excluding hydrogens is 412 g/mol. The summed E-state index contributed by atoms with van der Waals surface area (Å²) in [5.41, 5.74) is 10.6. The second kappa shape index (κ2) is 7.12. The van der Waals surface area contributed by atoms with Crippen LogP contribution in [0.25, 0.3) is 11.1 Å². The number of nitrogens with two attached hydrogens (primary N) is 1. The number of anilines is 2. The number of ether oxygens (including phenoxy) is 1. The average Bonchev–Trinajstić information content (AvgIpc) is 3.78. The van der Waals surface area contributed by atoms with Crippen LogP contribution >= 0.6 is 0 Å². The van der Waals surface area contributed by atoms with Crippen molar-refractivity contribution in [3.63, 3.8) is 0 Å². The van der Waals surface area contributed by atoms with Crippen molar-refractivity contribution in [2.75, 3.05) is 23.7 Å². The van der Waals surface area contributed by atoms with Gasteiger partial charge < -0.3 is 15.4 Å². The van der Waals surface area contributed by atoms with Crippen LogP contribution in [0, 0.1) is 16.7 Å². The molecule has 0 unspecified atom stereocenters. The monoisotopic (exact) mass is 436 g/mol. The predicted octanol–water partition coefficient (Wildman–Crippen LogP) is 3.92. The summed E-state index contributed by atoms with van der Waals surface area (Å²) in [7, 11) is 0. The van der Waals surface area contributed by atoms with E-state index >= 15 is 0 Å². The van der Waals surface area contributed by atoms with E-state index < -0.39 is 0 Å². The quantitative estimate of drug-likeness (QED) is 0.474. The zero-order valence-corrected chi connectivity index (χ0v) is 18.2. The minimum Gasteiger partial charge on any atom is -0.398 e. The fraction of sp³-hybridized carbons (Fsp3) is 0.308. The molecule has 3 fully saturated rings. The molecule has 164 valence electrons. The second-order valence-corrected chi connectivity index (χ2v) is 9.46. The summed E-state index contributed by atoms with van der Waals surface area (Å²) in [4.78, 5) is 11.2. The molecule has 33 heavy (non-hydrogen) atoms. The molecule has 3 aromatic rings. The third kappa shape index (κ3) is 3.62. The molecular formula is C26H24N6O. The van der Waals surface area contributed by atoms with Crippen molar-refractivity contribution in [3.8, 4) is 17.2 Å². The fourth-order valence-corrected chi connectivity index (χ4v) is 4.75. The van der Waals surface area contributed by atoms with Crippen molar-refractivity contribution in [3.05, 3.63) is 71.7 Å². The van der Waals surface area contributed by atoms with Gasteiger partial charge in [0.25, 0.3) is 0 Å². The van der Waals surface area contributed by atoms with Crippen molar-refractivity contribution in [1.29, 1.82) is 10.7 Å². The molecule has 3 N–H and O–H groups in total. The molecule has 1 aliphatic heterocycles. The number of morpholine rings is 1. The summed E-state index contributed by atoms with van der Waals surface area (Å²) in [5.74, 6) is 0.835. The largest absolute Gasteiger partial charge is 0.398 e. The Hall–Kier alpha value is -3.76. The molecule has 0 amide bonds. The smallest absolute Gasteiger partial charge is 0.132 e. The van der Waals surface area contributed by atoms with Gasteiger partial charge in [-0.2, -0.15) is 5.26 Å². The number of benzene rings is 2. The van der Waals surface area contributed by atoms with Gasteiger partial charge in [0.15, 0.2) is 0 Å². The van der Waals surface area contributed by atoms with Gasteiger partial charge in [-0.15, -0.1) is 0 Å². The van der Waals surface area contributed by atoms with Crippen LogP contribution in [0.1, 0.15) is 42.5 Å². The molecule has 2 aromatic carbocycles. The third-order valence-electron chi connectivity index (χ3n) is 6.89. The summed E-state index contributed by atoms with van der Waals surface area (Å²) >= 11 is 0. The van der Waals surface area contributed by atoms with E-state index in [0.29, 0.717) is 22.5 Å². The zero-order chi connectivity index (χ0) is 22.6. The maximum absolute atomic E-state index is 9.22. The molecule has 7 heteroatoms. The maximum atomic E-state index is 9.22. The van der Waals surface area contributed by atoms with Crippen LogP contribution in [0.3, 0.4) is 0 Å². The first-order valence-corrected chi connectivity index (χ1v) is 11.2. The summed E-state index contributed by atoms with van der Waals surface area (Å²) in [6, 6.07) is 17.1. The molecule has 1 saturated heterocycles. The minimum atomic E-state index is -0.00983. The number of nitrogens with one attached hydrogen (secondary N) is 1. The summed E-state index contributed by atoms with van der Waals surface area (Å²) in [6.45, 7) is 1.68. The Labute approximate surface area is 192 Å². The molecule has 2 spiro atoms. The number of aromatic nitrogens is 2. The Morgan fingerprint density at radius 2 is 1.73 bits per heavy atom. The molecule has 6 rings (SSSR count). The number of nitrogens with zero attached hydrogens (tertiary/aromatic N) is 4. The van der Waals surface area contributed by atoms with Gasteiger partial charge in [-0.1, -0.05) is 18.2 Å². The van der Waals surface area contributed by atoms with Crippen LogP contribution in [-0.4, -0.2) is 40.0 Å². The Bertz CT molecular complexity index is 1300. The number of nitriles is 1. The van der Waals surface area contributed by atoms with Gasteiger partial charge in [0.05, 0.1) is 34.2 Å². The molecule has 2 heterocycles. The van der Waals surface area contributed by atoms with Crippen LogP contribution in [0.5, 0.6) is 0 Å². The maximum Gasteiger partial charge on any atom is 0.132 e. The lowest BCUT2D eigenvalue weighted by molar-refractivity contribution is -0.0608. The van der Waals surface area contributed by atoms with Gasteiger partial charge in [0, 0.05) is 30.4 Å². The molecule has 0 atom stereocenters. The Morgan fingerprint density at radius 1 is 1.00 bits per heavy atom. The zero-order valence-electron chi connectivity index (χ0n) is 18.2. The number of hydrogen-bond donors (Lipinski definition) is 2. The topological polar surface area (TPSA) is 112 Å². The summed E-state index contributed by atoms with van der Waals surface area (Å²) in [6.07, 6.45) is 5.96. The third-order valence-corrected chi connectivity index (χ3v) is 6.89. The van der Waals surface area contributed by atoms with Crippen molar-refractivity contribution >= 4 is 17.2 Å². The Kier molecular flexibility index (Phi) is 4.29. The first-order valence-electron chi connectivity index (χ1n) is 11.2. The van der Waals surface area contributed by atoms with Crippen LogP contribution in [0.4, 0.5) is 11.5 Å². The predicted molar refractivity (Wildman–Crippen MR) is 126 cm³/mol. The van der Waals surface area contributed by atoms with Crippen molar-refractivity contribution in [2.45, 2.75) is 36.9 Å². The first-order chi connectivity index (χ1) is 16.0. The highest BCUT2D eigenvalue weighted by atomic mass is 16.5. The standard InChI is InChI=1S/C26H24N6O/c27-13-17-2-1-3-18(10-17)19-4-5-21(28)20(11-19)24(29)22-12-23(31-16-30-22)32-14-25(6-7-25)33-26(15-32)8-9-26/h1-5,10-12,16,29H,6-9,14-15,28H2. The van der Waals surface area contributed by atoms with Crippen molar-refractivity contribution in [1.82, 2.24) is 9.97 Å². The van der Waals surface area contributed by atoms with Gasteiger partial charge >= 0.3 is 0 Å². The van der Waals surface area contributed by atoms with Gasteiger partial charge in [-0.05, 0) is 61.1 Å². The van der Waals surface area contributed by atoms with E-state index in [1.807, 2.05) is 36.4 Å². The Morgan fingerprint density at radius 3 is 2.42 bits per heavy atom. The van der Waals surface area contributed by atoms with Crippen LogP contribution < -0.4 is 10.6 Å². The summed E-state index contributed by atoms with van der Waals surface area (Å²) < 4.78 is 6.41. The lowest BCUT2D eigenvalue weighted by Crippen LogP contribution is -2.50. The van der Waals surface area contributed by atoms with E-state index in [0.717, 1.165) is 55.7 Å². The van der Waals surface area contributed by atoms with Crippen molar-refractivity contribution in [2.24, 2.45) is 0 Å². The molecule has 2 aliphatic carbocycles. The SMILES string of the molecule is N#Cc1cccc(-c2ccc(N)c(C(=N)c3cc(N4CC5(CC5)OC5(CC5)C4)ncn3)c2)c1. The van der Waals surface area contributed by atoms with E-state index in [2.05, 4.69) is 20.9 Å². The fourth-order valence-electron chi connectivity index (χ4n) is 4.75. The molecule has 0 bridgehead atoms. The average molecular weight is 437 g/mol. The highest BCUT2D eigenvalue weighted by Gasteiger charge is 2.60. The van der Waals surface area contributed by atoms with Crippen LogP contribution in [-0.2, 0) is 4.74 Å². The lowest BCUT2D eigenvalue weighted by Gasteiger charge is -2.39. The number of rotatable bonds is 4. The molecule has 0 radical (unpaired) electrons. The Balaban J connectivity index is 1.31. The van der Waals surface area contributed by atoms with Gasteiger partial charge in [-0.3, -0.25) is 5.41 Å². The lowest BCUT2D eigenvalue weighted by atomic mass is 9.97. The van der Waals surface area contributed by atoms with E-state index in [1.165, 1.54) is 6.33 Å². The second-order valence-electron chi connectivity index (χ2n) is 9.46. The highest BCUT2D eigenvalue weighted by Crippen LogP contribution is 2.54. The minimum absolute atomic E-state index is 0.00983. The number of nitrogen functional groups attached to an aromatic ring is 1. The van der Waals surface area contributed by atoms with Gasteiger partial charge in [0.2, 0.25) is 0 Å². The number of hydrogen-bond acceptors (Lipinski definition) is 7. The van der Waals surface area contributed by atoms with Crippen LogP contribution in [0.2, 0.25) is 0 Å².